The Bertz CT molecular complexity index is 418. The van der Waals surface area contributed by atoms with Crippen LogP contribution in [-0.4, -0.2) is 49.8 Å². The van der Waals surface area contributed by atoms with Crippen LogP contribution in [0.15, 0.2) is 18.3 Å². The highest BCUT2D eigenvalue weighted by Gasteiger charge is 2.22. The maximum atomic E-state index is 5.45. The van der Waals surface area contributed by atoms with Gasteiger partial charge in [0.1, 0.15) is 5.82 Å². The number of hydrogen-bond donors (Lipinski definition) is 0. The molecule has 0 unspecified atom stereocenters. The van der Waals surface area contributed by atoms with Crippen molar-refractivity contribution in [1.29, 1.82) is 0 Å². The maximum Gasteiger partial charge on any atom is 0.132 e. The summed E-state index contributed by atoms with van der Waals surface area (Å²) in [4.78, 5) is 9.38. The summed E-state index contributed by atoms with van der Waals surface area (Å²) in [5.74, 6) is 1.95. The van der Waals surface area contributed by atoms with Crippen molar-refractivity contribution in [3.63, 3.8) is 0 Å². The van der Waals surface area contributed by atoms with Crippen LogP contribution in [0.1, 0.15) is 18.4 Å². The van der Waals surface area contributed by atoms with Gasteiger partial charge in [-0.3, -0.25) is 4.90 Å². The molecule has 3 heterocycles. The van der Waals surface area contributed by atoms with Crippen LogP contribution in [0.25, 0.3) is 0 Å². The number of pyridine rings is 1. The summed E-state index contributed by atoms with van der Waals surface area (Å²) < 4.78 is 5.45. The monoisotopic (exact) mass is 261 g/mol. The lowest BCUT2D eigenvalue weighted by atomic mass is 9.99. The van der Waals surface area contributed by atoms with Gasteiger partial charge in [0.05, 0.1) is 0 Å². The molecule has 2 aliphatic rings. The molecule has 0 aliphatic carbocycles. The Hall–Kier alpha value is -1.13. The number of ether oxygens (including phenoxy) is 1. The molecule has 1 saturated heterocycles. The van der Waals surface area contributed by atoms with Gasteiger partial charge in [0, 0.05) is 58.2 Å². The molecule has 2 aliphatic heterocycles. The maximum absolute atomic E-state index is 5.45. The Morgan fingerprint density at radius 2 is 2.16 bits per heavy atom. The van der Waals surface area contributed by atoms with Gasteiger partial charge in [-0.25, -0.2) is 4.98 Å². The van der Waals surface area contributed by atoms with Crippen LogP contribution >= 0.6 is 0 Å². The number of nitrogens with zero attached hydrogens (tertiary/aromatic N) is 3. The molecule has 0 amide bonds. The molecule has 0 saturated carbocycles. The molecule has 3 rings (SSSR count). The average Bonchev–Trinajstić information content (AvgIpc) is 2.60. The molecule has 4 heteroatoms. The summed E-state index contributed by atoms with van der Waals surface area (Å²) in [5.41, 5.74) is 1.36. The Morgan fingerprint density at radius 3 is 3.00 bits per heavy atom. The summed E-state index contributed by atoms with van der Waals surface area (Å²) >= 11 is 0. The minimum atomic E-state index is 0.803. The van der Waals surface area contributed by atoms with E-state index in [-0.39, 0.29) is 0 Å². The highest BCUT2D eigenvalue weighted by molar-refractivity contribution is 5.46. The number of anilines is 1. The molecule has 19 heavy (non-hydrogen) atoms. The fourth-order valence-electron chi connectivity index (χ4n) is 3.06. The number of hydrogen-bond acceptors (Lipinski definition) is 4. The van der Waals surface area contributed by atoms with E-state index in [1.54, 1.807) is 0 Å². The first-order chi connectivity index (χ1) is 9.33. The Kier molecular flexibility index (Phi) is 3.99. The van der Waals surface area contributed by atoms with Gasteiger partial charge < -0.3 is 9.64 Å². The third-order valence-corrected chi connectivity index (χ3v) is 4.23. The van der Waals surface area contributed by atoms with E-state index in [1.165, 1.54) is 24.9 Å². The number of likely N-dealkylation sites (N-methyl/N-ethyl adjacent to an activating group) is 1. The largest absolute Gasteiger partial charge is 0.381 e. The van der Waals surface area contributed by atoms with E-state index in [2.05, 4.69) is 27.9 Å². The van der Waals surface area contributed by atoms with E-state index < -0.39 is 0 Å². The van der Waals surface area contributed by atoms with E-state index in [9.17, 15) is 0 Å². The van der Waals surface area contributed by atoms with Gasteiger partial charge in [0.15, 0.2) is 0 Å². The van der Waals surface area contributed by atoms with E-state index in [1.807, 2.05) is 12.3 Å². The second-order valence-electron chi connectivity index (χ2n) is 5.70. The Labute approximate surface area is 115 Å². The molecule has 0 radical (unpaired) electrons. The Balaban J connectivity index is 1.68. The van der Waals surface area contributed by atoms with Crippen molar-refractivity contribution >= 4 is 5.82 Å². The van der Waals surface area contributed by atoms with Crippen molar-refractivity contribution in [2.45, 2.75) is 19.4 Å². The lowest BCUT2D eigenvalue weighted by molar-refractivity contribution is 0.0521. The molecule has 104 valence electrons. The zero-order chi connectivity index (χ0) is 13.1. The highest BCUT2D eigenvalue weighted by Crippen LogP contribution is 2.23. The molecule has 4 nitrogen and oxygen atoms in total. The van der Waals surface area contributed by atoms with Gasteiger partial charge in [-0.15, -0.1) is 0 Å². The molecule has 0 bridgehead atoms. The number of rotatable bonds is 2. The van der Waals surface area contributed by atoms with Crippen molar-refractivity contribution in [2.75, 3.05) is 44.8 Å². The Morgan fingerprint density at radius 1 is 1.32 bits per heavy atom. The molecule has 0 N–H and O–H groups in total. The van der Waals surface area contributed by atoms with Crippen molar-refractivity contribution < 1.29 is 4.74 Å². The standard InChI is InChI=1S/C15H23N3O/c1-17-7-8-18(11-13-4-9-19-10-5-13)12-14-3-2-6-16-15(14)17/h2-3,6,13H,4-5,7-12H2,1H3. The zero-order valence-corrected chi connectivity index (χ0v) is 11.7. The van der Waals surface area contributed by atoms with E-state index in [4.69, 9.17) is 4.74 Å². The molecule has 1 aromatic rings. The summed E-state index contributed by atoms with van der Waals surface area (Å²) in [6.07, 6.45) is 4.32. The normalized spacial score (nSPS) is 22.1. The second-order valence-corrected chi connectivity index (χ2v) is 5.70. The summed E-state index contributed by atoms with van der Waals surface area (Å²) in [7, 11) is 2.14. The van der Waals surface area contributed by atoms with Crippen LogP contribution in [0.3, 0.4) is 0 Å². The highest BCUT2D eigenvalue weighted by atomic mass is 16.5. The van der Waals surface area contributed by atoms with Crippen LogP contribution in [0.4, 0.5) is 5.82 Å². The van der Waals surface area contributed by atoms with Crippen LogP contribution in [0, 0.1) is 5.92 Å². The van der Waals surface area contributed by atoms with Crippen molar-refractivity contribution in [1.82, 2.24) is 9.88 Å². The van der Waals surface area contributed by atoms with Gasteiger partial charge in [-0.05, 0) is 24.8 Å². The van der Waals surface area contributed by atoms with E-state index in [0.717, 1.165) is 44.6 Å². The van der Waals surface area contributed by atoms with E-state index in [0.29, 0.717) is 0 Å². The lowest BCUT2D eigenvalue weighted by Crippen LogP contribution is -2.35. The first kappa shape index (κ1) is 12.9. The van der Waals surface area contributed by atoms with Gasteiger partial charge >= 0.3 is 0 Å². The fourth-order valence-corrected chi connectivity index (χ4v) is 3.06. The summed E-state index contributed by atoms with van der Waals surface area (Å²) in [6, 6.07) is 4.26. The first-order valence-corrected chi connectivity index (χ1v) is 7.28. The van der Waals surface area contributed by atoms with Gasteiger partial charge in [0.25, 0.3) is 0 Å². The van der Waals surface area contributed by atoms with Crippen molar-refractivity contribution in [3.8, 4) is 0 Å². The van der Waals surface area contributed by atoms with Crippen LogP contribution in [0.2, 0.25) is 0 Å². The predicted molar refractivity (Wildman–Crippen MR) is 76.3 cm³/mol. The molecular weight excluding hydrogens is 238 g/mol. The van der Waals surface area contributed by atoms with Crippen LogP contribution < -0.4 is 4.90 Å². The molecule has 0 atom stereocenters. The van der Waals surface area contributed by atoms with Gasteiger partial charge in [0.2, 0.25) is 0 Å². The fraction of sp³-hybridized carbons (Fsp3) is 0.667. The van der Waals surface area contributed by atoms with Gasteiger partial charge in [-0.1, -0.05) is 6.07 Å². The molecule has 1 aromatic heterocycles. The third kappa shape index (κ3) is 3.07. The van der Waals surface area contributed by atoms with Crippen LogP contribution in [0.5, 0.6) is 0 Å². The topological polar surface area (TPSA) is 28.6 Å². The van der Waals surface area contributed by atoms with Crippen LogP contribution in [-0.2, 0) is 11.3 Å². The summed E-state index contributed by atoms with van der Waals surface area (Å²) in [6.45, 7) is 6.31. The van der Waals surface area contributed by atoms with Gasteiger partial charge in [-0.2, -0.15) is 0 Å². The molecule has 0 aromatic carbocycles. The molecular formula is C15H23N3O. The number of aromatic nitrogens is 1. The minimum absolute atomic E-state index is 0.803. The molecule has 0 spiro atoms. The quantitative estimate of drug-likeness (QED) is 0.811. The average molecular weight is 261 g/mol. The second kappa shape index (κ2) is 5.88. The lowest BCUT2D eigenvalue weighted by Gasteiger charge is -2.28. The SMILES string of the molecule is CN1CCN(CC2CCOCC2)Cc2cccnc21. The van der Waals surface area contributed by atoms with Crippen molar-refractivity contribution in [2.24, 2.45) is 5.92 Å². The summed E-state index contributed by atoms with van der Waals surface area (Å²) in [5, 5.41) is 0. The first-order valence-electron chi connectivity index (χ1n) is 7.28. The minimum Gasteiger partial charge on any atom is -0.381 e. The third-order valence-electron chi connectivity index (χ3n) is 4.23. The van der Waals surface area contributed by atoms with E-state index >= 15 is 0 Å². The number of fused-ring (bicyclic) bond motifs is 1. The molecule has 1 fully saturated rings. The zero-order valence-electron chi connectivity index (χ0n) is 11.7. The smallest absolute Gasteiger partial charge is 0.132 e. The predicted octanol–water partition coefficient (Wildman–Crippen LogP) is 1.76. The van der Waals surface area contributed by atoms with Crippen molar-refractivity contribution in [3.05, 3.63) is 23.9 Å².